The highest BCUT2D eigenvalue weighted by atomic mass is 32.2. The monoisotopic (exact) mass is 287 g/mol. The first-order valence-electron chi connectivity index (χ1n) is 7.67. The van der Waals surface area contributed by atoms with E-state index in [1.165, 1.54) is 32.1 Å². The fourth-order valence-corrected chi connectivity index (χ4v) is 4.37. The van der Waals surface area contributed by atoms with Crippen LogP contribution < -0.4 is 5.32 Å². The molecule has 0 spiro atoms. The summed E-state index contributed by atoms with van der Waals surface area (Å²) in [6.45, 7) is 3.96. The van der Waals surface area contributed by atoms with Gasteiger partial charge in [-0.15, -0.1) is 0 Å². The van der Waals surface area contributed by atoms with Crippen LogP contribution in [0.4, 0.5) is 0 Å². The smallest absolute Gasteiger partial charge is 0.0986 e. The predicted octanol–water partition coefficient (Wildman–Crippen LogP) is 2.83. The van der Waals surface area contributed by atoms with Gasteiger partial charge in [0, 0.05) is 31.1 Å². The molecule has 0 amide bonds. The number of ether oxygens (including phenoxy) is 2. The lowest BCUT2D eigenvalue weighted by molar-refractivity contribution is -0.131. The van der Waals surface area contributed by atoms with E-state index in [-0.39, 0.29) is 6.10 Å². The maximum Gasteiger partial charge on any atom is 0.0986 e. The zero-order chi connectivity index (χ0) is 13.7. The van der Waals surface area contributed by atoms with Crippen molar-refractivity contribution >= 4 is 11.8 Å². The molecule has 2 aliphatic carbocycles. The van der Waals surface area contributed by atoms with E-state index in [0.29, 0.717) is 16.9 Å². The van der Waals surface area contributed by atoms with Gasteiger partial charge in [0.2, 0.25) is 0 Å². The zero-order valence-corrected chi connectivity index (χ0v) is 13.4. The second-order valence-electron chi connectivity index (χ2n) is 5.87. The Hall–Kier alpha value is 0.230. The molecule has 2 fully saturated rings. The van der Waals surface area contributed by atoms with Crippen molar-refractivity contribution in [3.63, 3.8) is 0 Å². The van der Waals surface area contributed by atoms with Crippen LogP contribution in [-0.4, -0.2) is 49.5 Å². The van der Waals surface area contributed by atoms with Gasteiger partial charge in [-0.3, -0.25) is 0 Å². The molecular weight excluding hydrogens is 258 g/mol. The minimum Gasteiger partial charge on any atom is -0.377 e. The quantitative estimate of drug-likeness (QED) is 0.780. The normalized spacial score (nSPS) is 33.9. The molecule has 112 valence electrons. The van der Waals surface area contributed by atoms with Gasteiger partial charge in [-0.25, -0.2) is 0 Å². The number of rotatable bonds is 7. The molecular formula is C15H29NO2S. The van der Waals surface area contributed by atoms with E-state index in [1.807, 2.05) is 0 Å². The van der Waals surface area contributed by atoms with Crippen molar-refractivity contribution < 1.29 is 9.47 Å². The van der Waals surface area contributed by atoms with Crippen molar-refractivity contribution in [2.45, 2.75) is 68.4 Å². The number of hydrogen-bond donors (Lipinski definition) is 1. The second kappa shape index (κ2) is 7.30. The van der Waals surface area contributed by atoms with E-state index < -0.39 is 0 Å². The number of methoxy groups -OCH3 is 1. The molecule has 3 unspecified atom stereocenters. The molecule has 2 rings (SSSR count). The second-order valence-corrected chi connectivity index (χ2v) is 7.14. The van der Waals surface area contributed by atoms with Gasteiger partial charge in [0.25, 0.3) is 0 Å². The van der Waals surface area contributed by atoms with Crippen molar-refractivity contribution in [1.29, 1.82) is 0 Å². The van der Waals surface area contributed by atoms with Crippen LogP contribution in [0.25, 0.3) is 0 Å². The molecule has 2 aliphatic rings. The summed E-state index contributed by atoms with van der Waals surface area (Å²) in [7, 11) is 1.80. The first kappa shape index (κ1) is 15.6. The Kier molecular flexibility index (Phi) is 6.00. The highest BCUT2D eigenvalue weighted by Crippen LogP contribution is 2.38. The van der Waals surface area contributed by atoms with Crippen LogP contribution in [0.5, 0.6) is 0 Å². The average molecular weight is 287 g/mol. The van der Waals surface area contributed by atoms with Gasteiger partial charge >= 0.3 is 0 Å². The predicted molar refractivity (Wildman–Crippen MR) is 81.9 cm³/mol. The Morgan fingerprint density at radius 1 is 1.26 bits per heavy atom. The van der Waals surface area contributed by atoms with E-state index in [2.05, 4.69) is 30.3 Å². The molecule has 4 heteroatoms. The summed E-state index contributed by atoms with van der Waals surface area (Å²) in [6.07, 6.45) is 10.8. The molecule has 0 heterocycles. The Morgan fingerprint density at radius 2 is 2.00 bits per heavy atom. The van der Waals surface area contributed by atoms with Crippen LogP contribution in [-0.2, 0) is 9.47 Å². The molecule has 0 radical (unpaired) electrons. The van der Waals surface area contributed by atoms with Gasteiger partial charge in [-0.2, -0.15) is 11.8 Å². The molecule has 2 saturated carbocycles. The summed E-state index contributed by atoms with van der Waals surface area (Å²) in [5, 5.41) is 3.74. The van der Waals surface area contributed by atoms with Crippen LogP contribution >= 0.6 is 11.8 Å². The Labute approximate surface area is 122 Å². The number of thioether (sulfide) groups is 1. The molecule has 3 nitrogen and oxygen atoms in total. The molecule has 3 atom stereocenters. The third kappa shape index (κ3) is 3.66. The van der Waals surface area contributed by atoms with Crippen molar-refractivity contribution in [2.24, 2.45) is 0 Å². The first-order chi connectivity index (χ1) is 9.24. The van der Waals surface area contributed by atoms with Gasteiger partial charge in [0.15, 0.2) is 0 Å². The van der Waals surface area contributed by atoms with Crippen molar-refractivity contribution in [2.75, 3.05) is 26.5 Å². The lowest BCUT2D eigenvalue weighted by Gasteiger charge is -2.46. The summed E-state index contributed by atoms with van der Waals surface area (Å²) in [4.78, 5) is 0. The Balaban J connectivity index is 1.78. The minimum absolute atomic E-state index is 0.238. The highest BCUT2D eigenvalue weighted by Gasteiger charge is 2.43. The summed E-state index contributed by atoms with van der Waals surface area (Å²) in [6, 6.07) is 0.479. The van der Waals surface area contributed by atoms with Gasteiger partial charge in [-0.05, 0) is 32.4 Å². The van der Waals surface area contributed by atoms with Crippen LogP contribution in [0.1, 0.15) is 45.4 Å². The highest BCUT2D eigenvalue weighted by molar-refractivity contribution is 8.00. The zero-order valence-electron chi connectivity index (χ0n) is 12.6. The molecule has 0 aromatic rings. The van der Waals surface area contributed by atoms with E-state index in [4.69, 9.17) is 9.47 Å². The lowest BCUT2D eigenvalue weighted by atomic mass is 9.83. The van der Waals surface area contributed by atoms with Crippen molar-refractivity contribution in [3.05, 3.63) is 0 Å². The van der Waals surface area contributed by atoms with Crippen LogP contribution in [0.3, 0.4) is 0 Å². The van der Waals surface area contributed by atoms with E-state index in [0.717, 1.165) is 19.6 Å². The van der Waals surface area contributed by atoms with Gasteiger partial charge < -0.3 is 14.8 Å². The minimum atomic E-state index is 0.238. The maximum absolute atomic E-state index is 5.68. The van der Waals surface area contributed by atoms with Gasteiger partial charge in [-0.1, -0.05) is 19.3 Å². The molecule has 19 heavy (non-hydrogen) atoms. The first-order valence-corrected chi connectivity index (χ1v) is 8.90. The summed E-state index contributed by atoms with van der Waals surface area (Å²) >= 11 is 2.06. The molecule has 0 bridgehead atoms. The van der Waals surface area contributed by atoms with Crippen molar-refractivity contribution in [1.82, 2.24) is 5.32 Å². The largest absolute Gasteiger partial charge is 0.377 e. The topological polar surface area (TPSA) is 30.5 Å². The lowest BCUT2D eigenvalue weighted by Crippen LogP contribution is -2.61. The van der Waals surface area contributed by atoms with E-state index >= 15 is 0 Å². The Bertz CT molecular complexity index is 269. The fourth-order valence-electron chi connectivity index (χ4n) is 3.44. The van der Waals surface area contributed by atoms with E-state index in [1.54, 1.807) is 7.11 Å². The summed E-state index contributed by atoms with van der Waals surface area (Å²) in [5.74, 6) is 0. The molecule has 0 aliphatic heterocycles. The van der Waals surface area contributed by atoms with Crippen molar-refractivity contribution in [3.8, 4) is 0 Å². The fraction of sp³-hybridized carbons (Fsp3) is 1.00. The summed E-state index contributed by atoms with van der Waals surface area (Å²) < 4.78 is 11.7. The molecule has 1 N–H and O–H groups in total. The Morgan fingerprint density at radius 3 is 2.58 bits per heavy atom. The van der Waals surface area contributed by atoms with Crippen LogP contribution in [0.15, 0.2) is 0 Å². The number of hydrogen-bond acceptors (Lipinski definition) is 4. The van der Waals surface area contributed by atoms with Crippen LogP contribution in [0.2, 0.25) is 0 Å². The average Bonchev–Trinajstić information content (AvgIpc) is 2.43. The third-order valence-electron chi connectivity index (χ3n) is 4.79. The number of nitrogens with one attached hydrogen (secondary N) is 1. The standard InChI is InChI=1S/C15H29NO2S/c1-4-18-13-10-12(14(13)17-2)16-11-15(19-3)8-6-5-7-9-15/h12-14,16H,4-11H2,1-3H3. The van der Waals surface area contributed by atoms with Crippen LogP contribution in [0, 0.1) is 0 Å². The van der Waals surface area contributed by atoms with Gasteiger partial charge in [0.1, 0.15) is 0 Å². The SMILES string of the molecule is CCOC1CC(NCC2(SC)CCCCC2)C1OC. The maximum atomic E-state index is 5.68. The van der Waals surface area contributed by atoms with E-state index in [9.17, 15) is 0 Å². The third-order valence-corrected chi connectivity index (χ3v) is 6.20. The molecule has 0 aromatic heterocycles. The van der Waals surface area contributed by atoms with Gasteiger partial charge in [0.05, 0.1) is 12.2 Å². The molecule has 0 aromatic carbocycles. The molecule has 0 saturated heterocycles. The summed E-state index contributed by atoms with van der Waals surface area (Å²) in [5.41, 5.74) is 0.